The van der Waals surface area contributed by atoms with E-state index in [9.17, 15) is 0 Å². The van der Waals surface area contributed by atoms with E-state index in [1.54, 1.807) is 0 Å². The molecule has 0 radical (unpaired) electrons. The van der Waals surface area contributed by atoms with Crippen LogP contribution >= 0.6 is 0 Å². The number of aromatic amines is 1. The largest absolute Gasteiger partial charge is 0.379 e. The Hall–Kier alpha value is -2.37. The van der Waals surface area contributed by atoms with Crippen LogP contribution in [0.3, 0.4) is 0 Å². The van der Waals surface area contributed by atoms with Gasteiger partial charge in [0.15, 0.2) is 0 Å². The number of hydrogen-bond acceptors (Lipinski definition) is 4. The monoisotopic (exact) mass is 404 g/mol. The fourth-order valence-electron chi connectivity index (χ4n) is 4.86. The first kappa shape index (κ1) is 19.6. The minimum absolute atomic E-state index is 0.829. The molecule has 0 bridgehead atoms. The third-order valence-corrected chi connectivity index (χ3v) is 6.80. The summed E-state index contributed by atoms with van der Waals surface area (Å²) in [5, 5.41) is 1.21. The fraction of sp³-hybridized carbons (Fsp3) is 0.480. The van der Waals surface area contributed by atoms with Gasteiger partial charge in [0, 0.05) is 66.8 Å². The third-order valence-electron chi connectivity index (χ3n) is 6.80. The third kappa shape index (κ3) is 4.09. The maximum absolute atomic E-state index is 5.47. The Morgan fingerprint density at radius 2 is 1.80 bits per heavy atom. The average Bonchev–Trinajstić information content (AvgIpc) is 3.22. The second-order valence-corrected chi connectivity index (χ2v) is 8.69. The molecule has 5 heteroatoms. The number of benzene rings is 1. The quantitative estimate of drug-likeness (QED) is 0.670. The predicted molar refractivity (Wildman–Crippen MR) is 123 cm³/mol. The average molecular weight is 405 g/mol. The highest BCUT2D eigenvalue weighted by atomic mass is 16.5. The van der Waals surface area contributed by atoms with Crippen LogP contribution in [-0.4, -0.2) is 54.3 Å². The number of anilines is 1. The van der Waals surface area contributed by atoms with E-state index >= 15 is 0 Å². The highest BCUT2D eigenvalue weighted by molar-refractivity contribution is 5.93. The number of aromatic nitrogens is 2. The molecule has 0 atom stereocenters. The van der Waals surface area contributed by atoms with Gasteiger partial charge in [-0.05, 0) is 43.0 Å². The fourth-order valence-corrected chi connectivity index (χ4v) is 4.86. The predicted octanol–water partition coefficient (Wildman–Crippen LogP) is 4.69. The molecule has 2 aromatic heterocycles. The number of hydrogen-bond donors (Lipinski definition) is 1. The minimum atomic E-state index is 0.829. The molecule has 5 rings (SSSR count). The van der Waals surface area contributed by atoms with Crippen molar-refractivity contribution in [2.45, 2.75) is 32.7 Å². The Balaban J connectivity index is 1.35. The molecule has 0 aliphatic carbocycles. The summed E-state index contributed by atoms with van der Waals surface area (Å²) in [5.41, 5.74) is 5.99. The number of nitrogens with one attached hydrogen (secondary N) is 1. The van der Waals surface area contributed by atoms with Crippen molar-refractivity contribution in [1.29, 1.82) is 0 Å². The molecule has 0 amide bonds. The van der Waals surface area contributed by atoms with Gasteiger partial charge in [-0.25, -0.2) is 0 Å². The molecule has 0 saturated carbocycles. The summed E-state index contributed by atoms with van der Waals surface area (Å²) in [4.78, 5) is 13.3. The lowest BCUT2D eigenvalue weighted by atomic mass is 9.94. The first-order valence-electron chi connectivity index (χ1n) is 11.4. The molecule has 0 spiro atoms. The molecule has 5 nitrogen and oxygen atoms in total. The van der Waals surface area contributed by atoms with Gasteiger partial charge in [0.25, 0.3) is 0 Å². The van der Waals surface area contributed by atoms with Gasteiger partial charge >= 0.3 is 0 Å². The molecule has 30 heavy (non-hydrogen) atoms. The normalized spacial score (nSPS) is 18.9. The summed E-state index contributed by atoms with van der Waals surface area (Å²) < 4.78 is 5.47. The van der Waals surface area contributed by atoms with E-state index in [1.807, 2.05) is 6.20 Å². The van der Waals surface area contributed by atoms with Crippen LogP contribution in [0.1, 0.15) is 31.9 Å². The zero-order chi connectivity index (χ0) is 20.3. The van der Waals surface area contributed by atoms with E-state index in [1.165, 1.54) is 54.7 Å². The first-order valence-corrected chi connectivity index (χ1v) is 11.4. The van der Waals surface area contributed by atoms with Crippen LogP contribution in [0.5, 0.6) is 0 Å². The van der Waals surface area contributed by atoms with E-state index in [-0.39, 0.29) is 0 Å². The van der Waals surface area contributed by atoms with E-state index < -0.39 is 0 Å². The molecule has 158 valence electrons. The van der Waals surface area contributed by atoms with Gasteiger partial charge in [0.2, 0.25) is 0 Å². The minimum Gasteiger partial charge on any atom is -0.379 e. The zero-order valence-electron chi connectivity index (χ0n) is 17.9. The summed E-state index contributed by atoms with van der Waals surface area (Å²) in [5.74, 6) is 0.905. The van der Waals surface area contributed by atoms with Crippen molar-refractivity contribution < 1.29 is 4.74 Å². The van der Waals surface area contributed by atoms with E-state index in [4.69, 9.17) is 9.72 Å². The summed E-state index contributed by atoms with van der Waals surface area (Å²) in [6, 6.07) is 13.4. The van der Waals surface area contributed by atoms with Gasteiger partial charge < -0.3 is 14.6 Å². The van der Waals surface area contributed by atoms with Gasteiger partial charge in [0.05, 0.1) is 18.9 Å². The highest BCUT2D eigenvalue weighted by Gasteiger charge is 2.18. The smallest absolute Gasteiger partial charge is 0.0795 e. The van der Waals surface area contributed by atoms with Gasteiger partial charge in [-0.15, -0.1) is 0 Å². The number of pyridine rings is 1. The molecular weight excluding hydrogens is 372 g/mol. The molecule has 2 aliphatic heterocycles. The molecule has 1 aromatic carbocycles. The van der Waals surface area contributed by atoms with Gasteiger partial charge in [-0.2, -0.15) is 0 Å². The first-order chi connectivity index (χ1) is 14.8. The number of fused-ring (bicyclic) bond motifs is 1. The summed E-state index contributed by atoms with van der Waals surface area (Å²) in [6.07, 6.45) is 5.85. The second-order valence-electron chi connectivity index (χ2n) is 8.69. The Morgan fingerprint density at radius 1 is 1.03 bits per heavy atom. The molecule has 4 heterocycles. The maximum atomic E-state index is 5.47. The van der Waals surface area contributed by atoms with Crippen molar-refractivity contribution in [3.63, 3.8) is 0 Å². The topological polar surface area (TPSA) is 44.4 Å². The van der Waals surface area contributed by atoms with Crippen LogP contribution in [0.15, 0.2) is 42.6 Å². The van der Waals surface area contributed by atoms with Crippen LogP contribution in [-0.2, 0) is 11.3 Å². The number of morpholine rings is 1. The van der Waals surface area contributed by atoms with Crippen molar-refractivity contribution in [3.8, 4) is 11.3 Å². The number of piperidine rings is 1. The van der Waals surface area contributed by atoms with Crippen LogP contribution in [0.25, 0.3) is 22.2 Å². The van der Waals surface area contributed by atoms with Crippen molar-refractivity contribution >= 4 is 16.6 Å². The SMILES string of the molecule is CCC1CCN(c2ccc(-c3nccc4[nH]c(CN5CCOCC5)cc34)cc2)CC1. The Labute approximate surface area is 179 Å². The summed E-state index contributed by atoms with van der Waals surface area (Å²) in [7, 11) is 0. The van der Waals surface area contributed by atoms with Crippen LogP contribution in [0.4, 0.5) is 5.69 Å². The molecule has 2 fully saturated rings. The lowest BCUT2D eigenvalue weighted by molar-refractivity contribution is 0.0337. The second kappa shape index (κ2) is 8.78. The number of rotatable bonds is 5. The van der Waals surface area contributed by atoms with Gasteiger partial charge in [-0.1, -0.05) is 25.5 Å². The number of H-pyrrole nitrogens is 1. The molecule has 1 N–H and O–H groups in total. The maximum Gasteiger partial charge on any atom is 0.0795 e. The van der Waals surface area contributed by atoms with Gasteiger partial charge in [-0.3, -0.25) is 9.88 Å². The molecule has 0 unspecified atom stereocenters. The molecule has 2 aliphatic rings. The van der Waals surface area contributed by atoms with E-state index in [0.717, 1.165) is 50.0 Å². The Bertz CT molecular complexity index is 966. The highest BCUT2D eigenvalue weighted by Crippen LogP contribution is 2.30. The van der Waals surface area contributed by atoms with Crippen LogP contribution < -0.4 is 4.90 Å². The molecule has 2 saturated heterocycles. The van der Waals surface area contributed by atoms with Crippen molar-refractivity contribution in [2.24, 2.45) is 5.92 Å². The number of ether oxygens (including phenoxy) is 1. The van der Waals surface area contributed by atoms with Crippen molar-refractivity contribution in [3.05, 3.63) is 48.3 Å². The standard InChI is InChI=1S/C25H32N4O/c1-2-19-8-11-29(12-9-19)22-5-3-20(4-6-22)25-23-17-21(27-24(23)7-10-26-25)18-28-13-15-30-16-14-28/h3-7,10,17,19,27H,2,8-9,11-16,18H2,1H3. The zero-order valence-corrected chi connectivity index (χ0v) is 17.9. The van der Waals surface area contributed by atoms with Crippen molar-refractivity contribution in [1.82, 2.24) is 14.9 Å². The number of nitrogens with zero attached hydrogens (tertiary/aromatic N) is 3. The lowest BCUT2D eigenvalue weighted by Gasteiger charge is -2.33. The van der Waals surface area contributed by atoms with Crippen LogP contribution in [0.2, 0.25) is 0 Å². The molecule has 3 aromatic rings. The molecular formula is C25H32N4O. The Morgan fingerprint density at radius 3 is 2.53 bits per heavy atom. The van der Waals surface area contributed by atoms with Gasteiger partial charge in [0.1, 0.15) is 0 Å². The Kier molecular flexibility index (Phi) is 5.73. The van der Waals surface area contributed by atoms with Crippen molar-refractivity contribution in [2.75, 3.05) is 44.3 Å². The van der Waals surface area contributed by atoms with E-state index in [0.29, 0.717) is 0 Å². The summed E-state index contributed by atoms with van der Waals surface area (Å²) in [6.45, 7) is 9.25. The lowest BCUT2D eigenvalue weighted by Crippen LogP contribution is -2.35. The van der Waals surface area contributed by atoms with Crippen LogP contribution in [0, 0.1) is 5.92 Å². The summed E-state index contributed by atoms with van der Waals surface area (Å²) >= 11 is 0. The van der Waals surface area contributed by atoms with E-state index in [2.05, 4.69) is 58.1 Å².